The minimum atomic E-state index is -0.419. The van der Waals surface area contributed by atoms with Crippen LogP contribution in [0.5, 0.6) is 11.5 Å². The van der Waals surface area contributed by atoms with E-state index < -0.39 is 6.04 Å². The molecule has 3 rings (SSSR count). The molecule has 2 N–H and O–H groups in total. The normalized spacial score (nSPS) is 11.7. The maximum absolute atomic E-state index is 6.39. The fourth-order valence-corrected chi connectivity index (χ4v) is 2.71. The first-order valence-electron chi connectivity index (χ1n) is 7.01. The van der Waals surface area contributed by atoms with Gasteiger partial charge in [-0.25, -0.2) is 9.97 Å². The Morgan fingerprint density at radius 3 is 2.42 bits per heavy atom. The van der Waals surface area contributed by atoms with E-state index in [0.717, 1.165) is 16.5 Å². The number of methoxy groups -OCH3 is 2. The van der Waals surface area contributed by atoms with Gasteiger partial charge in [-0.1, -0.05) is 23.7 Å². The molecule has 0 spiro atoms. The van der Waals surface area contributed by atoms with Crippen LogP contribution in [0.25, 0.3) is 10.9 Å². The standard InChI is InChI=1S/C17H16ClN3O2.ClH/c1-22-14-7-12-13(8-15(14)23-2)20-9-21-17(12)16(19)10-4-3-5-11(18)6-10;/h3-9,16H,19H2,1-2H3;1H. The second-order valence-corrected chi connectivity index (χ2v) is 5.45. The zero-order chi connectivity index (χ0) is 16.4. The Kier molecular flexibility index (Phi) is 5.83. The molecule has 0 amide bonds. The Labute approximate surface area is 151 Å². The molecule has 0 aliphatic heterocycles. The molecular weight excluding hydrogens is 349 g/mol. The molecule has 0 aliphatic carbocycles. The Balaban J connectivity index is 0.00000208. The van der Waals surface area contributed by atoms with Gasteiger partial charge in [-0.05, 0) is 23.8 Å². The summed E-state index contributed by atoms with van der Waals surface area (Å²) in [5.41, 5.74) is 8.72. The van der Waals surface area contributed by atoms with E-state index in [2.05, 4.69) is 9.97 Å². The summed E-state index contributed by atoms with van der Waals surface area (Å²) >= 11 is 6.06. The van der Waals surface area contributed by atoms with Crippen LogP contribution in [0, 0.1) is 0 Å². The number of hydrogen-bond acceptors (Lipinski definition) is 5. The molecule has 0 saturated heterocycles. The van der Waals surface area contributed by atoms with E-state index in [-0.39, 0.29) is 12.4 Å². The highest BCUT2D eigenvalue weighted by Gasteiger charge is 2.17. The molecule has 2 aromatic carbocycles. The van der Waals surface area contributed by atoms with Crippen molar-refractivity contribution < 1.29 is 9.47 Å². The van der Waals surface area contributed by atoms with Gasteiger partial charge in [0.25, 0.3) is 0 Å². The average molecular weight is 366 g/mol. The third-order valence-corrected chi connectivity index (χ3v) is 3.91. The van der Waals surface area contributed by atoms with Gasteiger partial charge in [0.2, 0.25) is 0 Å². The molecule has 1 unspecified atom stereocenters. The number of rotatable bonds is 4. The maximum Gasteiger partial charge on any atom is 0.162 e. The lowest BCUT2D eigenvalue weighted by Gasteiger charge is -2.15. The van der Waals surface area contributed by atoms with E-state index in [0.29, 0.717) is 22.2 Å². The minimum Gasteiger partial charge on any atom is -0.493 e. The van der Waals surface area contributed by atoms with Crippen molar-refractivity contribution in [3.8, 4) is 11.5 Å². The van der Waals surface area contributed by atoms with Crippen LogP contribution in [0.1, 0.15) is 17.3 Å². The van der Waals surface area contributed by atoms with Crippen molar-refractivity contribution in [3.05, 3.63) is 59.0 Å². The second-order valence-electron chi connectivity index (χ2n) is 5.02. The Morgan fingerprint density at radius 2 is 1.75 bits per heavy atom. The van der Waals surface area contributed by atoms with Gasteiger partial charge in [0.05, 0.1) is 31.5 Å². The molecule has 5 nitrogen and oxygen atoms in total. The number of halogens is 2. The summed E-state index contributed by atoms with van der Waals surface area (Å²) in [6, 6.07) is 10.7. The van der Waals surface area contributed by atoms with Crippen LogP contribution in [0.4, 0.5) is 0 Å². The van der Waals surface area contributed by atoms with Crippen LogP contribution >= 0.6 is 24.0 Å². The molecule has 1 heterocycles. The summed E-state index contributed by atoms with van der Waals surface area (Å²) in [4.78, 5) is 8.66. The SMILES string of the molecule is COc1cc2ncnc(C(N)c3cccc(Cl)c3)c2cc1OC.Cl. The van der Waals surface area contributed by atoms with Crippen LogP contribution in [-0.2, 0) is 0 Å². The van der Waals surface area contributed by atoms with Gasteiger partial charge in [-0.15, -0.1) is 12.4 Å². The van der Waals surface area contributed by atoms with Crippen LogP contribution in [0.15, 0.2) is 42.7 Å². The summed E-state index contributed by atoms with van der Waals surface area (Å²) in [6.07, 6.45) is 1.49. The van der Waals surface area contributed by atoms with Gasteiger partial charge in [0.1, 0.15) is 6.33 Å². The summed E-state index contributed by atoms with van der Waals surface area (Å²) in [5, 5.41) is 1.45. The van der Waals surface area contributed by atoms with Gasteiger partial charge in [0.15, 0.2) is 11.5 Å². The van der Waals surface area contributed by atoms with Crippen molar-refractivity contribution in [3.63, 3.8) is 0 Å². The monoisotopic (exact) mass is 365 g/mol. The molecular formula is C17H17Cl2N3O2. The average Bonchev–Trinajstić information content (AvgIpc) is 2.59. The number of hydrogen-bond donors (Lipinski definition) is 1. The number of aromatic nitrogens is 2. The maximum atomic E-state index is 6.39. The van der Waals surface area contributed by atoms with Crippen molar-refractivity contribution in [1.29, 1.82) is 0 Å². The molecule has 7 heteroatoms. The topological polar surface area (TPSA) is 70.3 Å². The van der Waals surface area contributed by atoms with Crippen LogP contribution in [-0.4, -0.2) is 24.2 Å². The molecule has 1 aromatic heterocycles. The fourth-order valence-electron chi connectivity index (χ4n) is 2.51. The number of nitrogens with zero attached hydrogens (tertiary/aromatic N) is 2. The molecule has 0 saturated carbocycles. The highest BCUT2D eigenvalue weighted by atomic mass is 35.5. The van der Waals surface area contributed by atoms with Gasteiger partial charge in [-0.3, -0.25) is 0 Å². The van der Waals surface area contributed by atoms with Gasteiger partial charge in [-0.2, -0.15) is 0 Å². The molecule has 24 heavy (non-hydrogen) atoms. The fraction of sp³-hybridized carbons (Fsp3) is 0.176. The zero-order valence-electron chi connectivity index (χ0n) is 13.2. The third-order valence-electron chi connectivity index (χ3n) is 3.67. The first-order chi connectivity index (χ1) is 11.1. The van der Waals surface area contributed by atoms with E-state index in [1.807, 2.05) is 36.4 Å². The van der Waals surface area contributed by atoms with E-state index in [4.69, 9.17) is 26.8 Å². The molecule has 3 aromatic rings. The molecule has 0 radical (unpaired) electrons. The smallest absolute Gasteiger partial charge is 0.162 e. The predicted molar refractivity (Wildman–Crippen MR) is 97.4 cm³/mol. The van der Waals surface area contributed by atoms with E-state index in [1.165, 1.54) is 6.33 Å². The number of fused-ring (bicyclic) bond motifs is 1. The van der Waals surface area contributed by atoms with Crippen molar-refractivity contribution in [2.45, 2.75) is 6.04 Å². The Morgan fingerprint density at radius 1 is 1.04 bits per heavy atom. The van der Waals surface area contributed by atoms with Gasteiger partial charge in [0, 0.05) is 16.5 Å². The molecule has 1 atom stereocenters. The largest absolute Gasteiger partial charge is 0.493 e. The molecule has 0 fully saturated rings. The summed E-state index contributed by atoms with van der Waals surface area (Å²) in [6.45, 7) is 0. The lowest BCUT2D eigenvalue weighted by molar-refractivity contribution is 0.355. The van der Waals surface area contributed by atoms with Crippen LogP contribution in [0.2, 0.25) is 5.02 Å². The van der Waals surface area contributed by atoms with Crippen molar-refractivity contribution in [2.75, 3.05) is 14.2 Å². The van der Waals surface area contributed by atoms with Crippen LogP contribution < -0.4 is 15.2 Å². The first kappa shape index (κ1) is 18.3. The quantitative estimate of drug-likeness (QED) is 0.761. The highest BCUT2D eigenvalue weighted by molar-refractivity contribution is 6.30. The molecule has 0 bridgehead atoms. The van der Waals surface area contributed by atoms with Gasteiger partial charge < -0.3 is 15.2 Å². The summed E-state index contributed by atoms with van der Waals surface area (Å²) in [7, 11) is 3.17. The van der Waals surface area contributed by atoms with E-state index >= 15 is 0 Å². The van der Waals surface area contributed by atoms with Crippen molar-refractivity contribution in [1.82, 2.24) is 9.97 Å². The summed E-state index contributed by atoms with van der Waals surface area (Å²) in [5.74, 6) is 1.22. The first-order valence-corrected chi connectivity index (χ1v) is 7.39. The number of ether oxygens (including phenoxy) is 2. The Hall–Kier alpha value is -2.08. The summed E-state index contributed by atoms with van der Waals surface area (Å²) < 4.78 is 10.7. The lowest BCUT2D eigenvalue weighted by atomic mass is 10.0. The van der Waals surface area contributed by atoms with Crippen molar-refractivity contribution >= 4 is 34.9 Å². The van der Waals surface area contributed by atoms with Gasteiger partial charge >= 0.3 is 0 Å². The van der Waals surface area contributed by atoms with Crippen molar-refractivity contribution in [2.24, 2.45) is 5.73 Å². The lowest BCUT2D eigenvalue weighted by Crippen LogP contribution is -2.14. The van der Waals surface area contributed by atoms with Crippen LogP contribution in [0.3, 0.4) is 0 Å². The number of nitrogens with two attached hydrogens (primary N) is 1. The van der Waals surface area contributed by atoms with E-state index in [9.17, 15) is 0 Å². The second kappa shape index (κ2) is 7.66. The number of benzene rings is 2. The highest BCUT2D eigenvalue weighted by Crippen LogP contribution is 2.34. The predicted octanol–water partition coefficient (Wildman–Crippen LogP) is 3.77. The Bertz CT molecular complexity index is 858. The molecule has 126 valence electrons. The minimum absolute atomic E-state index is 0. The third kappa shape index (κ3) is 3.38. The van der Waals surface area contributed by atoms with E-state index in [1.54, 1.807) is 14.2 Å². The zero-order valence-corrected chi connectivity index (χ0v) is 14.8. The molecule has 0 aliphatic rings.